The molecule has 94 valence electrons. The molecule has 1 saturated carbocycles. The minimum atomic E-state index is 0.0855. The summed E-state index contributed by atoms with van der Waals surface area (Å²) in [7, 11) is 1.71. The number of rotatable bonds is 3. The van der Waals surface area contributed by atoms with Gasteiger partial charge in [0.1, 0.15) is 5.75 Å². The minimum Gasteiger partial charge on any atom is -0.496 e. The molecule has 0 spiro atoms. The number of hydrogen-bond donors (Lipinski definition) is 1. The smallest absolute Gasteiger partial charge is 0.125 e. The zero-order chi connectivity index (χ0) is 12.6. The van der Waals surface area contributed by atoms with Gasteiger partial charge in [0.05, 0.1) is 7.11 Å². The van der Waals surface area contributed by atoms with Crippen LogP contribution < -0.4 is 10.5 Å². The maximum absolute atomic E-state index is 6.43. The molecule has 1 aliphatic carbocycles. The van der Waals surface area contributed by atoms with Crippen molar-refractivity contribution in [3.63, 3.8) is 0 Å². The molecule has 2 rings (SSSR count). The largest absolute Gasteiger partial charge is 0.496 e. The van der Waals surface area contributed by atoms with Gasteiger partial charge in [0.25, 0.3) is 0 Å². The number of nitrogens with two attached hydrogens (primary N) is 1. The molecule has 2 nitrogen and oxygen atoms in total. The normalized spacial score (nSPS) is 17.7. The van der Waals surface area contributed by atoms with Gasteiger partial charge in [-0.3, -0.25) is 0 Å². The Balaban J connectivity index is 2.61. The van der Waals surface area contributed by atoms with E-state index < -0.39 is 0 Å². The third kappa shape index (κ3) is 1.84. The molecule has 0 amide bonds. The van der Waals surface area contributed by atoms with Crippen LogP contribution in [0.25, 0.3) is 0 Å². The summed E-state index contributed by atoms with van der Waals surface area (Å²) in [5, 5.41) is 0.839. The highest BCUT2D eigenvalue weighted by molar-refractivity contribution is 6.31. The van der Waals surface area contributed by atoms with Gasteiger partial charge in [0.2, 0.25) is 0 Å². The van der Waals surface area contributed by atoms with Crippen LogP contribution in [-0.2, 0) is 5.41 Å². The van der Waals surface area contributed by atoms with E-state index in [1.165, 1.54) is 12.0 Å². The second kappa shape index (κ2) is 4.51. The predicted molar refractivity (Wildman–Crippen MR) is 72.1 cm³/mol. The number of methoxy groups -OCH3 is 1. The first-order valence-corrected chi connectivity index (χ1v) is 6.48. The van der Waals surface area contributed by atoms with E-state index >= 15 is 0 Å². The number of hydrogen-bond acceptors (Lipinski definition) is 2. The molecule has 0 aromatic heterocycles. The van der Waals surface area contributed by atoms with E-state index in [9.17, 15) is 0 Å². The fourth-order valence-electron chi connectivity index (χ4n) is 3.04. The third-order valence-electron chi connectivity index (χ3n) is 4.09. The van der Waals surface area contributed by atoms with Gasteiger partial charge in [0, 0.05) is 17.0 Å². The second-order valence-corrected chi connectivity index (χ2v) is 5.45. The quantitative estimate of drug-likeness (QED) is 0.897. The summed E-state index contributed by atoms with van der Waals surface area (Å²) >= 11 is 6.43. The average molecular weight is 254 g/mol. The predicted octanol–water partition coefficient (Wildman–Crippen LogP) is 3.35. The summed E-state index contributed by atoms with van der Waals surface area (Å²) in [6.45, 7) is 4.78. The minimum absolute atomic E-state index is 0.0855. The Morgan fingerprint density at radius 2 is 2.06 bits per heavy atom. The first-order valence-electron chi connectivity index (χ1n) is 6.10. The molecule has 1 aromatic carbocycles. The summed E-state index contributed by atoms with van der Waals surface area (Å²) in [5.41, 5.74) is 9.50. The molecule has 1 fully saturated rings. The highest BCUT2D eigenvalue weighted by atomic mass is 35.5. The average Bonchev–Trinajstić information content (AvgIpc) is 2.21. The van der Waals surface area contributed by atoms with E-state index in [1.807, 2.05) is 13.0 Å². The van der Waals surface area contributed by atoms with Crippen molar-refractivity contribution >= 4 is 11.6 Å². The van der Waals surface area contributed by atoms with Crippen LogP contribution in [0, 0.1) is 13.8 Å². The summed E-state index contributed by atoms with van der Waals surface area (Å²) in [4.78, 5) is 0. The monoisotopic (exact) mass is 253 g/mol. The van der Waals surface area contributed by atoms with Gasteiger partial charge in [-0.1, -0.05) is 18.0 Å². The zero-order valence-electron chi connectivity index (χ0n) is 10.8. The maximum Gasteiger partial charge on any atom is 0.125 e. The zero-order valence-corrected chi connectivity index (χ0v) is 11.5. The van der Waals surface area contributed by atoms with Gasteiger partial charge in [-0.15, -0.1) is 0 Å². The Kier molecular flexibility index (Phi) is 3.37. The molecule has 0 heterocycles. The van der Waals surface area contributed by atoms with Crippen LogP contribution in [-0.4, -0.2) is 13.7 Å². The van der Waals surface area contributed by atoms with Gasteiger partial charge < -0.3 is 10.5 Å². The third-order valence-corrected chi connectivity index (χ3v) is 4.39. The van der Waals surface area contributed by atoms with Gasteiger partial charge in [-0.05, 0) is 49.4 Å². The van der Waals surface area contributed by atoms with Crippen LogP contribution in [0.5, 0.6) is 5.75 Å². The van der Waals surface area contributed by atoms with Crippen molar-refractivity contribution in [2.45, 2.75) is 38.5 Å². The van der Waals surface area contributed by atoms with Gasteiger partial charge in [0.15, 0.2) is 0 Å². The summed E-state index contributed by atoms with van der Waals surface area (Å²) in [5.74, 6) is 0.948. The van der Waals surface area contributed by atoms with Crippen LogP contribution in [0.2, 0.25) is 5.02 Å². The first-order chi connectivity index (χ1) is 8.05. The molecule has 0 atom stereocenters. The number of ether oxygens (including phenoxy) is 1. The van der Waals surface area contributed by atoms with Crippen LogP contribution in [0.1, 0.15) is 36.0 Å². The van der Waals surface area contributed by atoms with Crippen LogP contribution >= 0.6 is 11.6 Å². The topological polar surface area (TPSA) is 35.2 Å². The van der Waals surface area contributed by atoms with Crippen LogP contribution in [0.3, 0.4) is 0 Å². The van der Waals surface area contributed by atoms with Gasteiger partial charge in [-0.25, -0.2) is 0 Å². The standard InChI is InChI=1S/C14H20ClNO/c1-9-7-11(15)12(10(2)13(9)17-3)14(8-16)5-4-6-14/h7H,4-6,8,16H2,1-3H3. The van der Waals surface area contributed by atoms with Crippen molar-refractivity contribution in [2.24, 2.45) is 5.73 Å². The van der Waals surface area contributed by atoms with Crippen molar-refractivity contribution in [3.8, 4) is 5.75 Å². The summed E-state index contributed by atoms with van der Waals surface area (Å²) < 4.78 is 5.48. The van der Waals surface area contributed by atoms with Crippen LogP contribution in [0.15, 0.2) is 6.07 Å². The molecule has 2 N–H and O–H groups in total. The molecule has 17 heavy (non-hydrogen) atoms. The van der Waals surface area contributed by atoms with E-state index in [4.69, 9.17) is 22.1 Å². The van der Waals surface area contributed by atoms with E-state index in [0.29, 0.717) is 6.54 Å². The highest BCUT2D eigenvalue weighted by Gasteiger charge is 2.40. The molecular weight excluding hydrogens is 234 g/mol. The molecular formula is C14H20ClNO. The molecule has 0 bridgehead atoms. The second-order valence-electron chi connectivity index (χ2n) is 5.05. The van der Waals surface area contributed by atoms with Crippen molar-refractivity contribution in [2.75, 3.05) is 13.7 Å². The van der Waals surface area contributed by atoms with Crippen LogP contribution in [0.4, 0.5) is 0 Å². The van der Waals surface area contributed by atoms with Gasteiger partial charge in [-0.2, -0.15) is 0 Å². The molecule has 0 saturated heterocycles. The number of halogens is 1. The Hall–Kier alpha value is -0.730. The number of benzene rings is 1. The molecule has 0 radical (unpaired) electrons. The first kappa shape index (κ1) is 12.7. The lowest BCUT2D eigenvalue weighted by Gasteiger charge is -2.43. The van der Waals surface area contributed by atoms with Crippen molar-refractivity contribution in [3.05, 3.63) is 27.8 Å². The van der Waals surface area contributed by atoms with E-state index in [2.05, 4.69) is 6.92 Å². The summed E-state index contributed by atoms with van der Waals surface area (Å²) in [6.07, 6.45) is 3.51. The van der Waals surface area contributed by atoms with Crippen molar-refractivity contribution in [1.82, 2.24) is 0 Å². The Morgan fingerprint density at radius 3 is 2.47 bits per heavy atom. The van der Waals surface area contributed by atoms with Crippen molar-refractivity contribution in [1.29, 1.82) is 0 Å². The molecule has 0 unspecified atom stereocenters. The van der Waals surface area contributed by atoms with E-state index in [0.717, 1.165) is 34.7 Å². The molecule has 1 aliphatic rings. The lowest BCUT2D eigenvalue weighted by atomic mass is 9.63. The molecule has 0 aliphatic heterocycles. The van der Waals surface area contributed by atoms with Gasteiger partial charge >= 0.3 is 0 Å². The van der Waals surface area contributed by atoms with Crippen molar-refractivity contribution < 1.29 is 4.74 Å². The lowest BCUT2D eigenvalue weighted by Crippen LogP contribution is -2.42. The molecule has 3 heteroatoms. The Bertz CT molecular complexity index is 433. The van der Waals surface area contributed by atoms with E-state index in [1.54, 1.807) is 7.11 Å². The number of aryl methyl sites for hydroxylation is 1. The highest BCUT2D eigenvalue weighted by Crippen LogP contribution is 2.49. The fraction of sp³-hybridized carbons (Fsp3) is 0.571. The van der Waals surface area contributed by atoms with E-state index in [-0.39, 0.29) is 5.41 Å². The SMILES string of the molecule is COc1c(C)cc(Cl)c(C2(CN)CCC2)c1C. The lowest BCUT2D eigenvalue weighted by molar-refractivity contribution is 0.251. The Morgan fingerprint density at radius 1 is 1.41 bits per heavy atom. The fourth-order valence-corrected chi connectivity index (χ4v) is 3.55. The summed E-state index contributed by atoms with van der Waals surface area (Å²) in [6, 6.07) is 2.00. The Labute approximate surface area is 108 Å². The molecule has 1 aromatic rings. The maximum atomic E-state index is 6.43.